The van der Waals surface area contributed by atoms with Crippen LogP contribution >= 0.6 is 0 Å². The van der Waals surface area contributed by atoms with Crippen LogP contribution in [0, 0.1) is 16.7 Å². The van der Waals surface area contributed by atoms with Gasteiger partial charge in [0.25, 0.3) is 11.8 Å². The Morgan fingerprint density at radius 1 is 1.35 bits per heavy atom. The maximum absolute atomic E-state index is 12.2. The van der Waals surface area contributed by atoms with Crippen LogP contribution in [0.25, 0.3) is 0 Å². The Bertz CT molecular complexity index is 750. The summed E-state index contributed by atoms with van der Waals surface area (Å²) in [5, 5.41) is 9.30. The first-order valence-electron chi connectivity index (χ1n) is 7.23. The third-order valence-corrected chi connectivity index (χ3v) is 4.29. The van der Waals surface area contributed by atoms with Crippen molar-refractivity contribution in [1.82, 2.24) is 20.8 Å². The largest absolute Gasteiger partial charge is 1.00 e. The molecular formula is C12H16N5NaO7S. The van der Waals surface area contributed by atoms with Gasteiger partial charge in [-0.05, 0) is 26.7 Å². The van der Waals surface area contributed by atoms with Crippen molar-refractivity contribution in [1.29, 1.82) is 5.26 Å². The first-order valence-corrected chi connectivity index (χ1v) is 8.56. The van der Waals surface area contributed by atoms with E-state index >= 15 is 0 Å². The quantitative estimate of drug-likeness (QED) is 0.206. The molecule has 26 heavy (non-hydrogen) atoms. The molecule has 0 saturated carbocycles. The fraction of sp³-hybridized carbons (Fsp3) is 0.667. The Hall–Kier alpha value is -1.43. The molecule has 2 N–H and O–H groups in total. The summed E-state index contributed by atoms with van der Waals surface area (Å²) in [6.07, 6.45) is 0.409. The monoisotopic (exact) mass is 397 g/mol. The van der Waals surface area contributed by atoms with E-state index in [2.05, 4.69) is 15.1 Å². The van der Waals surface area contributed by atoms with Crippen LogP contribution in [0.1, 0.15) is 26.7 Å². The third kappa shape index (κ3) is 4.84. The molecule has 0 unspecified atom stereocenters. The van der Waals surface area contributed by atoms with Gasteiger partial charge in [-0.15, -0.1) is 0 Å². The normalized spacial score (nSPS) is 22.3. The van der Waals surface area contributed by atoms with E-state index in [1.807, 2.05) is 0 Å². The Morgan fingerprint density at radius 2 is 1.96 bits per heavy atom. The second-order valence-electron chi connectivity index (χ2n) is 6.17. The Labute approximate surface area is 172 Å². The summed E-state index contributed by atoms with van der Waals surface area (Å²) in [6.45, 7) is 2.73. The molecule has 0 aromatic carbocycles. The molecule has 2 aliphatic heterocycles. The van der Waals surface area contributed by atoms with Crippen LogP contribution in [0.5, 0.6) is 0 Å². The van der Waals surface area contributed by atoms with E-state index in [-0.39, 0.29) is 48.9 Å². The Balaban J connectivity index is 0.00000338. The molecule has 0 aromatic heterocycles. The van der Waals surface area contributed by atoms with Gasteiger partial charge in [0.15, 0.2) is 0 Å². The second-order valence-corrected chi connectivity index (χ2v) is 7.14. The number of carbonyl (C=O) groups excluding carboxylic acids is 3. The van der Waals surface area contributed by atoms with Gasteiger partial charge >= 0.3 is 35.6 Å². The van der Waals surface area contributed by atoms with Gasteiger partial charge in [-0.2, -0.15) is 14.6 Å². The molecule has 4 amide bonds. The molecule has 2 fully saturated rings. The van der Waals surface area contributed by atoms with E-state index in [1.165, 1.54) is 13.8 Å². The van der Waals surface area contributed by atoms with Crippen molar-refractivity contribution >= 4 is 28.2 Å². The van der Waals surface area contributed by atoms with Crippen molar-refractivity contribution < 1.29 is 61.2 Å². The van der Waals surface area contributed by atoms with Crippen molar-refractivity contribution in [3.63, 3.8) is 0 Å². The summed E-state index contributed by atoms with van der Waals surface area (Å²) >= 11 is 0. The van der Waals surface area contributed by atoms with Gasteiger partial charge in [0.1, 0.15) is 11.5 Å². The van der Waals surface area contributed by atoms with Gasteiger partial charge in [0.2, 0.25) is 10.4 Å². The van der Waals surface area contributed by atoms with Crippen molar-refractivity contribution in [3.8, 4) is 6.07 Å². The zero-order valence-electron chi connectivity index (χ0n) is 14.4. The van der Waals surface area contributed by atoms with Crippen molar-refractivity contribution in [2.45, 2.75) is 38.8 Å². The molecule has 138 valence electrons. The van der Waals surface area contributed by atoms with E-state index in [4.69, 9.17) is 5.26 Å². The van der Waals surface area contributed by atoms with Crippen LogP contribution in [0.4, 0.5) is 4.79 Å². The fourth-order valence-corrected chi connectivity index (χ4v) is 2.89. The molecule has 2 rings (SSSR count). The maximum Gasteiger partial charge on any atom is 1.00 e. The summed E-state index contributed by atoms with van der Waals surface area (Å²) in [5.74, 6) is -1.44. The average molecular weight is 397 g/mol. The van der Waals surface area contributed by atoms with E-state index in [0.717, 1.165) is 4.90 Å². The zero-order valence-corrected chi connectivity index (χ0v) is 17.2. The number of nitrogens with one attached hydrogen (secondary N) is 2. The number of piperidine rings is 1. The second kappa shape index (κ2) is 8.07. The summed E-state index contributed by atoms with van der Waals surface area (Å²) in [5.41, 5.74) is 2.88. The van der Waals surface area contributed by atoms with Gasteiger partial charge < -0.3 is 9.45 Å². The van der Waals surface area contributed by atoms with Gasteiger partial charge in [0, 0.05) is 6.54 Å². The number of carbonyl (C=O) groups is 3. The first kappa shape index (κ1) is 22.6. The van der Waals surface area contributed by atoms with Gasteiger partial charge in [0.05, 0.1) is 12.1 Å². The average Bonchev–Trinajstić information content (AvgIpc) is 2.76. The van der Waals surface area contributed by atoms with Crippen LogP contribution in [0.2, 0.25) is 0 Å². The number of nitrogens with zero attached hydrogens (tertiary/aromatic N) is 3. The van der Waals surface area contributed by atoms with E-state index in [1.54, 1.807) is 6.07 Å². The third-order valence-electron chi connectivity index (χ3n) is 3.94. The van der Waals surface area contributed by atoms with E-state index < -0.39 is 45.7 Å². The molecule has 0 spiro atoms. The Kier molecular flexibility index (Phi) is 7.02. The number of urea groups is 1. The molecule has 0 aliphatic carbocycles. The first-order chi connectivity index (χ1) is 11.5. The van der Waals surface area contributed by atoms with E-state index in [9.17, 15) is 27.4 Å². The molecular weight excluding hydrogens is 381 g/mol. The van der Waals surface area contributed by atoms with Crippen LogP contribution in [0.15, 0.2) is 0 Å². The minimum absolute atomic E-state index is 0. The predicted octanol–water partition coefficient (Wildman–Crippen LogP) is -4.65. The number of hydrogen-bond donors (Lipinski definition) is 2. The Morgan fingerprint density at radius 3 is 2.50 bits per heavy atom. The SMILES string of the molecule is CC(C)(C#N)C(=O)NNC(=O)[C@H]1CC[C@@H]2CN1C(=O)N2OS(=O)(=O)[O-].[Na+]. The topological polar surface area (TPSA) is 172 Å². The minimum Gasteiger partial charge on any atom is -0.724 e. The number of hydrazine groups is 1. The van der Waals surface area contributed by atoms with Crippen molar-refractivity contribution in [3.05, 3.63) is 0 Å². The van der Waals surface area contributed by atoms with Crippen molar-refractivity contribution in [2.75, 3.05) is 6.54 Å². The maximum atomic E-state index is 12.2. The molecule has 2 aliphatic rings. The van der Waals surface area contributed by atoms with Gasteiger partial charge in [-0.25, -0.2) is 13.2 Å². The molecule has 14 heteroatoms. The number of amides is 4. The van der Waals surface area contributed by atoms with Gasteiger partial charge in [-0.1, -0.05) is 0 Å². The van der Waals surface area contributed by atoms with Crippen LogP contribution < -0.4 is 40.4 Å². The molecule has 0 radical (unpaired) electrons. The predicted molar refractivity (Wildman–Crippen MR) is 77.2 cm³/mol. The number of rotatable bonds is 4. The standard InChI is InChI=1S/C12H17N5O7S.Na/c1-12(2,6-13)10(19)15-14-9(18)8-4-3-7-5-16(8)11(20)17(7)24-25(21,22)23;/h7-8H,3-5H2,1-2H3,(H,14,18)(H,15,19)(H,21,22,23);/q;+1/p-1/t7-,8-;/m1./s1. The van der Waals surface area contributed by atoms with Crippen LogP contribution in [-0.2, 0) is 24.3 Å². The minimum atomic E-state index is -5.12. The van der Waals surface area contributed by atoms with Crippen LogP contribution in [0.3, 0.4) is 0 Å². The summed E-state index contributed by atoms with van der Waals surface area (Å²) < 4.78 is 36.2. The fourth-order valence-electron chi connectivity index (χ4n) is 2.51. The van der Waals surface area contributed by atoms with E-state index in [0.29, 0.717) is 5.06 Å². The summed E-state index contributed by atoms with van der Waals surface area (Å²) in [6, 6.07) is -0.792. The molecule has 0 aromatic rings. The summed E-state index contributed by atoms with van der Waals surface area (Å²) in [4.78, 5) is 37.1. The molecule has 2 atom stereocenters. The smallest absolute Gasteiger partial charge is 0.724 e. The molecule has 2 heterocycles. The number of nitriles is 1. The zero-order chi connectivity index (χ0) is 19.0. The number of hydroxylamine groups is 2. The summed E-state index contributed by atoms with van der Waals surface area (Å²) in [7, 11) is -5.12. The molecule has 2 bridgehead atoms. The van der Waals surface area contributed by atoms with Crippen LogP contribution in [-0.4, -0.2) is 59.4 Å². The number of hydrogen-bond acceptors (Lipinski definition) is 8. The van der Waals surface area contributed by atoms with Gasteiger partial charge in [-0.3, -0.25) is 20.4 Å². The molecule has 2 saturated heterocycles. The molecule has 12 nitrogen and oxygen atoms in total. The van der Waals surface area contributed by atoms with Crippen molar-refractivity contribution in [2.24, 2.45) is 5.41 Å². The number of fused-ring (bicyclic) bond motifs is 2.